The number of nitrogens with zero attached hydrogens (tertiary/aromatic N) is 1. The molecule has 0 aliphatic rings. The Bertz CT molecular complexity index is 715. The lowest BCUT2D eigenvalue weighted by Crippen LogP contribution is -2.24. The Morgan fingerprint density at radius 3 is 2.74 bits per heavy atom. The number of aryl methyl sites for hydroxylation is 1. The maximum Gasteiger partial charge on any atom is 0.275 e. The lowest BCUT2D eigenvalue weighted by atomic mass is 10.1. The second-order valence-electron chi connectivity index (χ2n) is 5.35. The Labute approximate surface area is 140 Å². The van der Waals surface area contributed by atoms with Crippen LogP contribution in [0.4, 0.5) is 5.69 Å². The Morgan fingerprint density at radius 2 is 2.09 bits per heavy atom. The van der Waals surface area contributed by atoms with E-state index in [2.05, 4.69) is 22.5 Å². The van der Waals surface area contributed by atoms with Gasteiger partial charge in [0.05, 0.1) is 0 Å². The minimum atomic E-state index is -0.263. The topological polar surface area (TPSA) is 71.1 Å². The van der Waals surface area contributed by atoms with Crippen LogP contribution in [0.5, 0.6) is 0 Å². The summed E-state index contributed by atoms with van der Waals surface area (Å²) in [6.45, 7) is 4.62. The van der Waals surface area contributed by atoms with Crippen LogP contribution in [-0.4, -0.2) is 31.2 Å². The summed E-state index contributed by atoms with van der Waals surface area (Å²) in [5, 5.41) is 7.42. The third-order valence-corrected chi connectivity index (χ3v) is 4.19. The predicted octanol–water partition coefficient (Wildman–Crippen LogP) is 1.49. The van der Waals surface area contributed by atoms with Gasteiger partial charge in [0.25, 0.3) is 11.8 Å². The first-order chi connectivity index (χ1) is 11.0. The summed E-state index contributed by atoms with van der Waals surface area (Å²) in [6.07, 6.45) is 1.98. The van der Waals surface area contributed by atoms with Crippen LogP contribution in [-0.2, 0) is 0 Å². The summed E-state index contributed by atoms with van der Waals surface area (Å²) in [6, 6.07) is 5.30. The first-order valence-corrected chi connectivity index (χ1v) is 8.51. The second kappa shape index (κ2) is 7.92. The molecule has 0 aliphatic heterocycles. The maximum absolute atomic E-state index is 12.2. The number of anilines is 1. The highest BCUT2D eigenvalue weighted by Gasteiger charge is 2.13. The van der Waals surface area contributed by atoms with E-state index in [0.717, 1.165) is 23.3 Å². The van der Waals surface area contributed by atoms with Crippen molar-refractivity contribution in [3.8, 4) is 0 Å². The normalized spacial score (nSPS) is 10.3. The zero-order valence-corrected chi connectivity index (χ0v) is 14.4. The van der Waals surface area contributed by atoms with Crippen LogP contribution in [0.2, 0.25) is 0 Å². The van der Waals surface area contributed by atoms with Crippen LogP contribution < -0.4 is 15.5 Å². The minimum Gasteiger partial charge on any atom is -0.352 e. The molecule has 0 unspecified atom stereocenters. The van der Waals surface area contributed by atoms with Crippen molar-refractivity contribution in [3.63, 3.8) is 0 Å². The van der Waals surface area contributed by atoms with Gasteiger partial charge in [-0.1, -0.05) is 19.4 Å². The highest BCUT2D eigenvalue weighted by Crippen LogP contribution is 2.18. The molecule has 0 saturated carbocycles. The molecule has 0 aliphatic carbocycles. The summed E-state index contributed by atoms with van der Waals surface area (Å²) in [7, 11) is 1.86. The van der Waals surface area contributed by atoms with Crippen LogP contribution in [0.15, 0.2) is 23.6 Å². The van der Waals surface area contributed by atoms with Crippen molar-refractivity contribution in [2.75, 3.05) is 11.9 Å². The van der Waals surface area contributed by atoms with E-state index in [4.69, 9.17) is 0 Å². The zero-order chi connectivity index (χ0) is 16.8. The average molecular weight is 329 g/mol. The number of thiazole rings is 1. The van der Waals surface area contributed by atoms with E-state index < -0.39 is 0 Å². The number of aromatic nitrogens is 1. The molecule has 2 amide bonds. The molecule has 0 atom stereocenters. The molecule has 5 nitrogen and oxygen atoms in total. The van der Waals surface area contributed by atoms with E-state index >= 15 is 0 Å². The molecule has 1 aromatic heterocycles. The van der Waals surface area contributed by atoms with Crippen LogP contribution in [0.3, 0.4) is 0 Å². The van der Waals surface area contributed by atoms with Crippen molar-refractivity contribution in [3.05, 3.63) is 40.4 Å². The van der Waals surface area contributed by atoms with E-state index in [1.807, 2.05) is 20.8 Å². The first kappa shape index (κ1) is 17.2. The average Bonchev–Trinajstić information content (AvgIpc) is 2.96. The van der Waals surface area contributed by atoms with Crippen molar-refractivity contribution in [1.29, 1.82) is 0 Å². The fraction of sp³-hybridized carbons (Fsp3) is 0.312. The van der Waals surface area contributed by atoms with Crippen LogP contribution >= 0.6 is 11.3 Å². The molecule has 0 radical (unpaired) electrons. The number of unbranched alkanes of at least 4 members (excludes halogenated alkanes) is 1. The molecule has 0 spiro atoms. The van der Waals surface area contributed by atoms with Gasteiger partial charge in [0.2, 0.25) is 0 Å². The monoisotopic (exact) mass is 329 g/mol. The number of carbonyl (C=O) groups is 2. The predicted molar refractivity (Wildman–Crippen MR) is 96.7 cm³/mol. The molecule has 2 N–H and O–H groups in total. The van der Waals surface area contributed by atoms with Crippen LogP contribution in [0.1, 0.15) is 46.2 Å². The van der Waals surface area contributed by atoms with Crippen molar-refractivity contribution in [1.82, 2.24) is 10.3 Å². The van der Waals surface area contributed by atoms with Gasteiger partial charge in [-0.2, -0.15) is 0 Å². The highest BCUT2D eigenvalue weighted by molar-refractivity contribution is 7.17. The molecule has 120 valence electrons. The van der Waals surface area contributed by atoms with Gasteiger partial charge in [0.1, 0.15) is 5.69 Å². The number of benzene rings is 1. The van der Waals surface area contributed by atoms with Crippen molar-refractivity contribution in [2.45, 2.75) is 26.7 Å². The first-order valence-electron chi connectivity index (χ1n) is 7.63. The summed E-state index contributed by atoms with van der Waals surface area (Å²) in [5.41, 5.74) is 2.46. The molecule has 23 heavy (non-hydrogen) atoms. The molecule has 1 aromatic carbocycles. The lowest BCUT2D eigenvalue weighted by molar-refractivity contribution is 0.0951. The smallest absolute Gasteiger partial charge is 0.275 e. The molecular weight excluding hydrogens is 309 g/mol. The Hall–Kier alpha value is -2.15. The van der Waals surface area contributed by atoms with E-state index in [0.29, 0.717) is 23.5 Å². The van der Waals surface area contributed by atoms with Gasteiger partial charge in [0, 0.05) is 28.1 Å². The minimum absolute atomic E-state index is 0.126. The van der Waals surface area contributed by atoms with Crippen LogP contribution in [0.25, 0.3) is 0 Å². The molecule has 7 heteroatoms. The molecule has 0 bridgehead atoms. The molecule has 0 fully saturated rings. The highest BCUT2D eigenvalue weighted by atomic mass is 32.1. The van der Waals surface area contributed by atoms with Crippen molar-refractivity contribution < 1.29 is 9.59 Å². The second-order valence-corrected chi connectivity index (χ2v) is 6.41. The van der Waals surface area contributed by atoms with Crippen LogP contribution in [0, 0.1) is 6.92 Å². The van der Waals surface area contributed by atoms with E-state index in [9.17, 15) is 9.59 Å². The standard InChI is InChI=1S/C16H20BN3O2S/c1-3-4-7-18-14(21)11-6-5-10(2)12(8-11)19-15(22)13-9-23-16(17)20-13/h5-6,8-9H,3-4,7,17H2,1-2H3,(H,18,21)(H,19,22). The van der Waals surface area contributed by atoms with Gasteiger partial charge in [-0.3, -0.25) is 9.59 Å². The van der Waals surface area contributed by atoms with Gasteiger partial charge in [-0.15, -0.1) is 11.3 Å². The number of hydrogen-bond acceptors (Lipinski definition) is 4. The molecule has 2 rings (SSSR count). The van der Waals surface area contributed by atoms with Crippen molar-refractivity contribution in [2.24, 2.45) is 0 Å². The number of nitrogens with one attached hydrogen (secondary N) is 2. The van der Waals surface area contributed by atoms with Gasteiger partial charge in [-0.25, -0.2) is 4.98 Å². The summed E-state index contributed by atoms with van der Waals surface area (Å²) >= 11 is 1.43. The molecule has 1 heterocycles. The number of rotatable bonds is 6. The zero-order valence-electron chi connectivity index (χ0n) is 13.6. The fourth-order valence-electron chi connectivity index (χ4n) is 2.03. The van der Waals surface area contributed by atoms with Gasteiger partial charge >= 0.3 is 0 Å². The molecular formula is C16H20BN3O2S. The fourth-order valence-corrected chi connectivity index (χ4v) is 2.63. The maximum atomic E-state index is 12.2. The Kier molecular flexibility index (Phi) is 5.93. The molecule has 2 aromatic rings. The van der Waals surface area contributed by atoms with E-state index in [1.54, 1.807) is 17.5 Å². The Morgan fingerprint density at radius 1 is 1.30 bits per heavy atom. The third-order valence-electron chi connectivity index (χ3n) is 3.42. The van der Waals surface area contributed by atoms with Gasteiger partial charge in [0.15, 0.2) is 7.85 Å². The number of amides is 2. The number of carbonyl (C=O) groups excluding carboxylic acids is 2. The van der Waals surface area contributed by atoms with Gasteiger partial charge < -0.3 is 10.6 Å². The largest absolute Gasteiger partial charge is 0.352 e. The van der Waals surface area contributed by atoms with E-state index in [-0.39, 0.29) is 11.8 Å². The Balaban J connectivity index is 2.11. The summed E-state index contributed by atoms with van der Waals surface area (Å²) in [4.78, 5) is 29.3. The summed E-state index contributed by atoms with van der Waals surface area (Å²) in [5.74, 6) is -0.389. The van der Waals surface area contributed by atoms with Gasteiger partial charge in [-0.05, 0) is 31.0 Å². The third kappa shape index (κ3) is 4.66. The van der Waals surface area contributed by atoms with E-state index in [1.165, 1.54) is 11.3 Å². The lowest BCUT2D eigenvalue weighted by Gasteiger charge is -2.10. The molecule has 0 saturated heterocycles. The van der Waals surface area contributed by atoms with Crippen molar-refractivity contribution >= 4 is 41.6 Å². The number of hydrogen-bond donors (Lipinski definition) is 2. The summed E-state index contributed by atoms with van der Waals surface area (Å²) < 4.78 is 0. The quantitative estimate of drug-likeness (QED) is 0.623. The SMILES string of the molecule is Bc1nc(C(=O)Nc2cc(C(=O)NCCCC)ccc2C)cs1.